The van der Waals surface area contributed by atoms with Gasteiger partial charge >= 0.3 is 0 Å². The second-order valence-electron chi connectivity index (χ2n) is 4.62. The first-order valence-corrected chi connectivity index (χ1v) is 6.49. The van der Waals surface area contributed by atoms with Crippen LogP contribution in [0.5, 0.6) is 0 Å². The minimum absolute atomic E-state index is 0.0260. The maximum absolute atomic E-state index is 11.9. The summed E-state index contributed by atoms with van der Waals surface area (Å²) in [4.78, 5) is 24.9. The normalized spacial score (nSPS) is 29.1. The van der Waals surface area contributed by atoms with Crippen LogP contribution in [0.15, 0.2) is 0 Å². The quantitative estimate of drug-likeness (QED) is 0.673. The van der Waals surface area contributed by atoms with Gasteiger partial charge in [-0.15, -0.1) is 0 Å². The molecule has 2 fully saturated rings. The van der Waals surface area contributed by atoms with Crippen molar-refractivity contribution < 1.29 is 19.1 Å². The van der Waals surface area contributed by atoms with Crippen molar-refractivity contribution in [2.24, 2.45) is 0 Å². The highest BCUT2D eigenvalue weighted by atomic mass is 16.6. The Bertz CT molecular complexity index is 315. The molecule has 6 nitrogen and oxygen atoms in total. The Labute approximate surface area is 107 Å². The lowest BCUT2D eigenvalue weighted by atomic mass is 10.2. The largest absolute Gasteiger partial charge is 0.376 e. The first-order chi connectivity index (χ1) is 8.72. The number of likely N-dealkylation sites (tertiary alicyclic amines) is 1. The number of hydrogen-bond donors (Lipinski definition) is 1. The molecule has 2 atom stereocenters. The molecule has 0 aliphatic carbocycles. The molecule has 0 aromatic heterocycles. The molecule has 2 heterocycles. The molecule has 1 N–H and O–H groups in total. The van der Waals surface area contributed by atoms with Crippen LogP contribution in [0.3, 0.4) is 0 Å². The predicted octanol–water partition coefficient (Wildman–Crippen LogP) is -0.471. The van der Waals surface area contributed by atoms with Gasteiger partial charge in [-0.1, -0.05) is 6.92 Å². The number of hydrogen-bond acceptors (Lipinski definition) is 5. The Balaban J connectivity index is 1.79. The number of nitrogens with zero attached hydrogens (tertiary/aromatic N) is 1. The average molecular weight is 256 g/mol. The number of amides is 2. The zero-order chi connectivity index (χ0) is 13.0. The maximum Gasteiger partial charge on any atom is 0.246 e. The van der Waals surface area contributed by atoms with E-state index in [0.29, 0.717) is 32.9 Å². The van der Waals surface area contributed by atoms with Crippen LogP contribution in [0.25, 0.3) is 0 Å². The molecule has 102 valence electrons. The number of carbonyl (C=O) groups is 2. The van der Waals surface area contributed by atoms with Crippen LogP contribution in [0.1, 0.15) is 19.8 Å². The third-order valence-corrected chi connectivity index (χ3v) is 3.17. The van der Waals surface area contributed by atoms with Gasteiger partial charge < -0.3 is 14.8 Å². The fourth-order valence-corrected chi connectivity index (χ4v) is 2.23. The summed E-state index contributed by atoms with van der Waals surface area (Å²) in [5.41, 5.74) is 0. The van der Waals surface area contributed by atoms with Gasteiger partial charge in [0.1, 0.15) is 0 Å². The van der Waals surface area contributed by atoms with Gasteiger partial charge in [0.2, 0.25) is 11.8 Å². The second kappa shape index (κ2) is 6.26. The first-order valence-electron chi connectivity index (χ1n) is 6.49. The Kier molecular flexibility index (Phi) is 4.68. The van der Waals surface area contributed by atoms with Crippen LogP contribution < -0.4 is 5.32 Å². The van der Waals surface area contributed by atoms with Crippen LogP contribution in [0.4, 0.5) is 0 Å². The standard InChI is InChI=1S/C12H20N2O4/c1-2-3-14-11(15)6-10(12(14)16)13-7-9-8-17-4-5-18-9/h9-10,13H,2-8H2,1H3. The van der Waals surface area contributed by atoms with E-state index in [1.807, 2.05) is 6.92 Å². The fraction of sp³-hybridized carbons (Fsp3) is 0.833. The van der Waals surface area contributed by atoms with Gasteiger partial charge in [0.05, 0.1) is 38.4 Å². The van der Waals surface area contributed by atoms with E-state index < -0.39 is 6.04 Å². The summed E-state index contributed by atoms with van der Waals surface area (Å²) < 4.78 is 10.8. The number of carbonyl (C=O) groups excluding carboxylic acids is 2. The summed E-state index contributed by atoms with van der Waals surface area (Å²) >= 11 is 0. The van der Waals surface area contributed by atoms with Crippen LogP contribution in [0, 0.1) is 0 Å². The molecule has 0 bridgehead atoms. The summed E-state index contributed by atoms with van der Waals surface area (Å²) in [6.45, 7) is 4.77. The van der Waals surface area contributed by atoms with Crippen molar-refractivity contribution in [1.82, 2.24) is 10.2 Å². The SMILES string of the molecule is CCCN1C(=O)CC(NCC2COCCO2)C1=O. The Morgan fingerprint density at radius 1 is 1.39 bits per heavy atom. The highest BCUT2D eigenvalue weighted by molar-refractivity contribution is 6.05. The summed E-state index contributed by atoms with van der Waals surface area (Å²) in [6, 6.07) is -0.394. The van der Waals surface area contributed by atoms with Crippen molar-refractivity contribution in [3.8, 4) is 0 Å². The van der Waals surface area contributed by atoms with Gasteiger partial charge in [0.25, 0.3) is 0 Å². The van der Waals surface area contributed by atoms with Crippen LogP contribution in [0.2, 0.25) is 0 Å². The van der Waals surface area contributed by atoms with Crippen molar-refractivity contribution in [2.75, 3.05) is 32.9 Å². The molecule has 0 spiro atoms. The molecule has 2 unspecified atom stereocenters. The van der Waals surface area contributed by atoms with E-state index in [1.165, 1.54) is 4.90 Å². The molecule has 6 heteroatoms. The topological polar surface area (TPSA) is 67.9 Å². The van der Waals surface area contributed by atoms with Gasteiger partial charge in [-0.05, 0) is 6.42 Å². The lowest BCUT2D eigenvalue weighted by Crippen LogP contribution is -2.45. The predicted molar refractivity (Wildman–Crippen MR) is 64.0 cm³/mol. The van der Waals surface area contributed by atoms with E-state index >= 15 is 0 Å². The third kappa shape index (κ3) is 3.07. The minimum Gasteiger partial charge on any atom is -0.376 e. The van der Waals surface area contributed by atoms with E-state index in [9.17, 15) is 9.59 Å². The monoisotopic (exact) mass is 256 g/mol. The number of imide groups is 1. The van der Waals surface area contributed by atoms with Crippen molar-refractivity contribution in [2.45, 2.75) is 31.9 Å². The molecule has 2 amide bonds. The van der Waals surface area contributed by atoms with Gasteiger partial charge in [-0.25, -0.2) is 0 Å². The molecule has 2 aliphatic heterocycles. The Hall–Kier alpha value is -0.980. The highest BCUT2D eigenvalue weighted by Crippen LogP contribution is 2.13. The van der Waals surface area contributed by atoms with Crippen molar-refractivity contribution in [1.29, 1.82) is 0 Å². The van der Waals surface area contributed by atoms with Gasteiger partial charge in [-0.2, -0.15) is 0 Å². The maximum atomic E-state index is 11.9. The average Bonchev–Trinajstić information content (AvgIpc) is 2.66. The van der Waals surface area contributed by atoms with E-state index in [2.05, 4.69) is 5.32 Å². The van der Waals surface area contributed by atoms with Crippen LogP contribution in [-0.2, 0) is 19.1 Å². The third-order valence-electron chi connectivity index (χ3n) is 3.17. The molecule has 18 heavy (non-hydrogen) atoms. The van der Waals surface area contributed by atoms with Gasteiger partial charge in [0, 0.05) is 13.1 Å². The first kappa shape index (κ1) is 13.5. The lowest BCUT2D eigenvalue weighted by molar-refractivity contribution is -0.139. The summed E-state index contributed by atoms with van der Waals surface area (Å²) in [6.07, 6.45) is 1.03. The fourth-order valence-electron chi connectivity index (χ4n) is 2.23. The molecular formula is C12H20N2O4. The molecule has 2 aliphatic rings. The summed E-state index contributed by atoms with van der Waals surface area (Å²) in [5.74, 6) is -0.196. The molecule has 0 aromatic rings. The Morgan fingerprint density at radius 3 is 2.89 bits per heavy atom. The molecule has 0 aromatic carbocycles. The van der Waals surface area contributed by atoms with Crippen molar-refractivity contribution in [3.63, 3.8) is 0 Å². The number of rotatable bonds is 5. The zero-order valence-corrected chi connectivity index (χ0v) is 10.7. The van der Waals surface area contributed by atoms with Gasteiger partial charge in [0.15, 0.2) is 0 Å². The van der Waals surface area contributed by atoms with Crippen LogP contribution in [-0.4, -0.2) is 61.8 Å². The molecule has 2 rings (SSSR count). The van der Waals surface area contributed by atoms with E-state index in [0.717, 1.165) is 6.42 Å². The molecule has 0 radical (unpaired) electrons. The molecule has 0 saturated carbocycles. The van der Waals surface area contributed by atoms with Crippen molar-refractivity contribution >= 4 is 11.8 Å². The minimum atomic E-state index is -0.394. The Morgan fingerprint density at radius 2 is 2.22 bits per heavy atom. The lowest BCUT2D eigenvalue weighted by Gasteiger charge is -2.24. The summed E-state index contributed by atoms with van der Waals surface area (Å²) in [7, 11) is 0. The number of ether oxygens (including phenoxy) is 2. The number of nitrogens with one attached hydrogen (secondary N) is 1. The molecule has 2 saturated heterocycles. The van der Waals surface area contributed by atoms with Gasteiger partial charge in [-0.3, -0.25) is 14.5 Å². The smallest absolute Gasteiger partial charge is 0.246 e. The van der Waals surface area contributed by atoms with Crippen LogP contribution >= 0.6 is 0 Å². The van der Waals surface area contributed by atoms with Crippen molar-refractivity contribution in [3.05, 3.63) is 0 Å². The molecular weight excluding hydrogens is 236 g/mol. The highest BCUT2D eigenvalue weighted by Gasteiger charge is 2.37. The summed E-state index contributed by atoms with van der Waals surface area (Å²) in [5, 5.41) is 3.10. The van der Waals surface area contributed by atoms with E-state index in [-0.39, 0.29) is 24.3 Å². The zero-order valence-electron chi connectivity index (χ0n) is 10.7. The second-order valence-corrected chi connectivity index (χ2v) is 4.62. The van der Waals surface area contributed by atoms with E-state index in [1.54, 1.807) is 0 Å². The van der Waals surface area contributed by atoms with E-state index in [4.69, 9.17) is 9.47 Å².